The fourth-order valence-corrected chi connectivity index (χ4v) is 12.1. The van der Waals surface area contributed by atoms with E-state index in [-0.39, 0.29) is 0 Å². The van der Waals surface area contributed by atoms with Gasteiger partial charge in [-0.3, -0.25) is 8.37 Å². The molecule has 2 aliphatic rings. The van der Waals surface area contributed by atoms with Crippen LogP contribution in [0, 0.1) is 0 Å². The molecule has 2 saturated carbocycles. The summed E-state index contributed by atoms with van der Waals surface area (Å²) in [5.41, 5.74) is 0. The van der Waals surface area contributed by atoms with Crippen LogP contribution in [0.1, 0.15) is 64.2 Å². The molecular weight excluding hydrogens is 513 g/mol. The van der Waals surface area contributed by atoms with E-state index in [4.69, 9.17) is 0 Å². The fourth-order valence-electron chi connectivity index (χ4n) is 3.83. The maximum atomic E-state index is 12.2. The molecule has 0 spiro atoms. The van der Waals surface area contributed by atoms with Gasteiger partial charge in [0.05, 0.1) is 35.2 Å². The van der Waals surface area contributed by atoms with Gasteiger partial charge in [0.1, 0.15) is 0 Å². The third-order valence-electron chi connectivity index (χ3n) is 5.48. The van der Waals surface area contributed by atoms with E-state index in [1.54, 1.807) is 0 Å². The molecule has 0 unspecified atom stereocenters. The Morgan fingerprint density at radius 2 is 0.871 bits per heavy atom. The van der Waals surface area contributed by atoms with Gasteiger partial charge >= 0.3 is 18.3 Å². The molecule has 0 radical (unpaired) electrons. The van der Waals surface area contributed by atoms with E-state index in [0.29, 0.717) is 25.7 Å². The minimum atomic E-state index is -4.69. The Kier molecular flexibility index (Phi) is 10.1. The van der Waals surface area contributed by atoms with Crippen LogP contribution < -0.4 is 0 Å². The average Bonchev–Trinajstić information content (AvgIpc) is 2.68. The zero-order chi connectivity index (χ0) is 23.2. The zero-order valence-electron chi connectivity index (χ0n) is 17.2. The molecule has 0 N–H and O–H groups in total. The molecule has 0 heterocycles. The molecule has 2 aliphatic carbocycles. The van der Waals surface area contributed by atoms with E-state index in [9.17, 15) is 33.7 Å². The zero-order valence-corrected chi connectivity index (χ0v) is 21.3. The lowest BCUT2D eigenvalue weighted by Gasteiger charge is -2.21. The summed E-state index contributed by atoms with van der Waals surface area (Å²) in [6.45, 7) is -1.39. The summed E-state index contributed by atoms with van der Waals surface area (Å²) in [5.74, 6) is -1.06. The summed E-state index contributed by atoms with van der Waals surface area (Å²) in [4.78, 5) is 0. The lowest BCUT2D eigenvalue weighted by atomic mass is 10.0. The van der Waals surface area contributed by atoms with Crippen LogP contribution in [0.2, 0.25) is 0 Å². The molecule has 0 aromatic carbocycles. The molecule has 2 fully saturated rings. The molecule has 31 heavy (non-hydrogen) atoms. The van der Waals surface area contributed by atoms with Crippen molar-refractivity contribution in [2.24, 2.45) is 0 Å². The smallest absolute Gasteiger partial charge is 0.260 e. The Hall–Kier alpha value is 0.0700. The molecule has 0 aliphatic heterocycles. The molecule has 2 rings (SSSR count). The predicted octanol–water partition coefficient (Wildman–Crippen LogP) is 1.74. The van der Waals surface area contributed by atoms with Crippen LogP contribution in [0.3, 0.4) is 0 Å². The first-order chi connectivity index (χ1) is 14.3. The standard InChI is InChI=1S/C16H30O10S5/c17-28(18,15-7-3-1-4-8-15)13-11-25-30(21,22)27-31(23,24)26-12-14-29(19,20)16-9-5-2-6-10-16/h15-16H,1-14H2. The molecule has 10 nitrogen and oxygen atoms in total. The summed E-state index contributed by atoms with van der Waals surface area (Å²) in [6.07, 6.45) is 7.21. The topological polar surface area (TPSA) is 155 Å². The Labute approximate surface area is 188 Å². The quantitative estimate of drug-likeness (QED) is 0.331. The number of hydrogen-bond donors (Lipinski definition) is 0. The minimum absolute atomic E-state index is 0.524. The highest BCUT2D eigenvalue weighted by atomic mass is 33.5. The molecule has 0 bridgehead atoms. The van der Waals surface area contributed by atoms with Crippen molar-refractivity contribution in [3.8, 4) is 0 Å². The first kappa shape index (κ1) is 27.3. The highest BCUT2D eigenvalue weighted by Gasteiger charge is 2.31. The van der Waals surface area contributed by atoms with Crippen molar-refractivity contribution in [2.45, 2.75) is 74.7 Å². The SMILES string of the molecule is O=S(=O)(OCCS(=O)(=O)C1CCCCC1)SS(=O)(=O)OCCS(=O)(=O)C1CCCCC1. The first-order valence-corrected chi connectivity index (χ1v) is 18.4. The molecule has 184 valence electrons. The largest absolute Gasteiger partial charge is 0.339 e. The second-order valence-corrected chi connectivity index (χ2v) is 18.9. The van der Waals surface area contributed by atoms with Crippen LogP contribution in [-0.4, -0.2) is 68.9 Å². The van der Waals surface area contributed by atoms with Gasteiger partial charge < -0.3 is 0 Å². The second kappa shape index (κ2) is 11.5. The van der Waals surface area contributed by atoms with Crippen molar-refractivity contribution >= 4 is 47.8 Å². The molecule has 15 heteroatoms. The maximum absolute atomic E-state index is 12.2. The van der Waals surface area contributed by atoms with Gasteiger partial charge in [0, 0.05) is 0 Å². The highest BCUT2D eigenvalue weighted by molar-refractivity contribution is 9.02. The summed E-state index contributed by atoms with van der Waals surface area (Å²) < 4.78 is 106. The van der Waals surface area contributed by atoms with Crippen molar-refractivity contribution in [2.75, 3.05) is 24.7 Å². The second-order valence-electron chi connectivity index (χ2n) is 7.78. The molecule has 0 aromatic rings. The van der Waals surface area contributed by atoms with E-state index in [1.165, 1.54) is 0 Å². The van der Waals surface area contributed by atoms with Gasteiger partial charge in [-0.15, -0.1) is 0 Å². The van der Waals surface area contributed by atoms with Gasteiger partial charge in [-0.2, -0.15) is 16.8 Å². The van der Waals surface area contributed by atoms with Crippen LogP contribution >= 0.6 is 9.83 Å². The van der Waals surface area contributed by atoms with Crippen molar-refractivity contribution in [3.63, 3.8) is 0 Å². The highest BCUT2D eigenvalue weighted by Crippen LogP contribution is 2.27. The summed E-state index contributed by atoms with van der Waals surface area (Å²) >= 11 is 0. The Balaban J connectivity index is 1.78. The van der Waals surface area contributed by atoms with Crippen LogP contribution in [0.4, 0.5) is 0 Å². The van der Waals surface area contributed by atoms with Gasteiger partial charge in [-0.05, 0) is 25.7 Å². The van der Waals surface area contributed by atoms with E-state index >= 15 is 0 Å². The van der Waals surface area contributed by atoms with Crippen molar-refractivity contribution < 1.29 is 42.0 Å². The van der Waals surface area contributed by atoms with E-state index in [2.05, 4.69) is 8.37 Å². The Bertz CT molecular complexity index is 905. The molecule has 0 saturated heterocycles. The van der Waals surface area contributed by atoms with Crippen LogP contribution in [0.25, 0.3) is 0 Å². The van der Waals surface area contributed by atoms with Crippen molar-refractivity contribution in [3.05, 3.63) is 0 Å². The number of hydrogen-bond acceptors (Lipinski definition) is 11. The summed E-state index contributed by atoms with van der Waals surface area (Å²) in [6, 6.07) is 0. The molecule has 0 amide bonds. The molecule has 0 aromatic heterocycles. The van der Waals surface area contributed by atoms with Gasteiger partial charge in [0.15, 0.2) is 29.5 Å². The first-order valence-electron chi connectivity index (χ1n) is 10.3. The lowest BCUT2D eigenvalue weighted by Crippen LogP contribution is -2.29. The third-order valence-corrected chi connectivity index (χ3v) is 15.7. The number of rotatable bonds is 12. The van der Waals surface area contributed by atoms with E-state index < -0.39 is 83.0 Å². The van der Waals surface area contributed by atoms with Gasteiger partial charge in [-0.1, -0.05) is 38.5 Å². The van der Waals surface area contributed by atoms with Crippen LogP contribution in [0.15, 0.2) is 0 Å². The fraction of sp³-hybridized carbons (Fsp3) is 1.00. The van der Waals surface area contributed by atoms with Gasteiger partial charge in [0.25, 0.3) is 0 Å². The van der Waals surface area contributed by atoms with Gasteiger partial charge in [-0.25, -0.2) is 16.8 Å². The van der Waals surface area contributed by atoms with E-state index in [1.807, 2.05) is 0 Å². The summed E-state index contributed by atoms with van der Waals surface area (Å²) in [7, 11) is -17.1. The van der Waals surface area contributed by atoms with Crippen molar-refractivity contribution in [1.29, 1.82) is 0 Å². The van der Waals surface area contributed by atoms with Crippen LogP contribution in [0.5, 0.6) is 0 Å². The Morgan fingerprint density at radius 3 is 1.19 bits per heavy atom. The minimum Gasteiger partial charge on any atom is -0.260 e. The van der Waals surface area contributed by atoms with E-state index in [0.717, 1.165) is 38.5 Å². The predicted molar refractivity (Wildman–Crippen MR) is 119 cm³/mol. The van der Waals surface area contributed by atoms with Crippen LogP contribution in [-0.2, 0) is 46.3 Å². The molecular formula is C16H30O10S5. The summed E-state index contributed by atoms with van der Waals surface area (Å²) in [5, 5.41) is -1.06. The average molecular weight is 543 g/mol. The molecule has 0 atom stereocenters. The van der Waals surface area contributed by atoms with Crippen molar-refractivity contribution in [1.82, 2.24) is 0 Å². The maximum Gasteiger partial charge on any atom is 0.339 e. The lowest BCUT2D eigenvalue weighted by molar-refractivity contribution is 0.347. The normalized spacial score (nSPS) is 20.6. The number of sulfone groups is 2. The van der Waals surface area contributed by atoms with Gasteiger partial charge in [0.2, 0.25) is 0 Å². The monoisotopic (exact) mass is 542 g/mol. The third kappa shape index (κ3) is 9.45. The Morgan fingerprint density at radius 1 is 0.548 bits per heavy atom.